The summed E-state index contributed by atoms with van der Waals surface area (Å²) >= 11 is 12.6. The topological polar surface area (TPSA) is 46.4 Å². The number of halogens is 2. The van der Waals surface area contributed by atoms with Gasteiger partial charge in [0.1, 0.15) is 0 Å². The van der Waals surface area contributed by atoms with E-state index in [-0.39, 0.29) is 12.3 Å². The quantitative estimate of drug-likeness (QED) is 0.284. The molecule has 1 N–H and O–H groups in total. The molecule has 1 amide bonds. The minimum Gasteiger partial charge on any atom is -0.316 e. The number of nitrogens with one attached hydrogen (secondary N) is 1. The first-order valence-electron chi connectivity index (χ1n) is 9.87. The maximum Gasteiger partial charge on any atom is 0.244 e. The largest absolute Gasteiger partial charge is 0.316 e. The van der Waals surface area contributed by atoms with Gasteiger partial charge in [0.2, 0.25) is 5.91 Å². The van der Waals surface area contributed by atoms with Gasteiger partial charge in [0.05, 0.1) is 28.4 Å². The zero-order chi connectivity index (χ0) is 22.0. The number of nitrogens with zero attached hydrogens (tertiary/aromatic N) is 2. The number of hydrazone groups is 1. The predicted octanol–water partition coefficient (Wildman–Crippen LogP) is 6.25. The fourth-order valence-corrected chi connectivity index (χ4v) is 4.17. The van der Waals surface area contributed by atoms with Crippen molar-refractivity contribution in [3.63, 3.8) is 0 Å². The van der Waals surface area contributed by atoms with Gasteiger partial charge in [-0.2, -0.15) is 5.10 Å². The van der Waals surface area contributed by atoms with E-state index in [2.05, 4.69) is 10.5 Å². The number of carbonyl (C=O) groups is 1. The summed E-state index contributed by atoms with van der Waals surface area (Å²) in [5.41, 5.74) is 7.25. The summed E-state index contributed by atoms with van der Waals surface area (Å²) in [6.07, 6.45) is 1.91. The van der Waals surface area contributed by atoms with E-state index in [0.29, 0.717) is 10.0 Å². The van der Waals surface area contributed by atoms with Crippen LogP contribution in [-0.4, -0.2) is 16.7 Å². The molecular formula is C25H21Cl2N3O. The van der Waals surface area contributed by atoms with E-state index in [9.17, 15) is 4.79 Å². The fraction of sp³-hybridized carbons (Fsp3) is 0.120. The van der Waals surface area contributed by atoms with Crippen LogP contribution in [0.25, 0.3) is 16.5 Å². The van der Waals surface area contributed by atoms with Gasteiger partial charge >= 0.3 is 0 Å². The third-order valence-electron chi connectivity index (χ3n) is 5.27. The van der Waals surface area contributed by atoms with Crippen LogP contribution in [0.5, 0.6) is 0 Å². The Morgan fingerprint density at radius 3 is 2.61 bits per heavy atom. The lowest BCUT2D eigenvalue weighted by atomic mass is 10.0. The van der Waals surface area contributed by atoms with Crippen LogP contribution in [0.3, 0.4) is 0 Å². The van der Waals surface area contributed by atoms with Crippen molar-refractivity contribution < 1.29 is 4.79 Å². The Bertz CT molecular complexity index is 1300. The van der Waals surface area contributed by atoms with E-state index < -0.39 is 0 Å². The molecule has 0 unspecified atom stereocenters. The smallest absolute Gasteiger partial charge is 0.244 e. The first-order valence-corrected chi connectivity index (χ1v) is 10.6. The van der Waals surface area contributed by atoms with Gasteiger partial charge in [0, 0.05) is 17.0 Å². The second-order valence-electron chi connectivity index (χ2n) is 7.34. The molecule has 0 atom stereocenters. The van der Waals surface area contributed by atoms with Crippen LogP contribution >= 0.6 is 23.2 Å². The fourth-order valence-electron chi connectivity index (χ4n) is 3.79. The van der Waals surface area contributed by atoms with E-state index in [0.717, 1.165) is 39.0 Å². The molecule has 31 heavy (non-hydrogen) atoms. The van der Waals surface area contributed by atoms with Crippen molar-refractivity contribution in [2.45, 2.75) is 20.3 Å². The number of hydrogen-bond donors (Lipinski definition) is 1. The molecule has 0 saturated carbocycles. The lowest BCUT2D eigenvalue weighted by Gasteiger charge is -2.12. The number of rotatable bonds is 5. The van der Waals surface area contributed by atoms with E-state index >= 15 is 0 Å². The van der Waals surface area contributed by atoms with Crippen LogP contribution in [-0.2, 0) is 11.2 Å². The summed E-state index contributed by atoms with van der Waals surface area (Å²) in [5.74, 6) is -0.167. The lowest BCUT2D eigenvalue weighted by molar-refractivity contribution is -0.120. The third kappa shape index (κ3) is 4.36. The first kappa shape index (κ1) is 21.2. The highest BCUT2D eigenvalue weighted by atomic mass is 35.5. The summed E-state index contributed by atoms with van der Waals surface area (Å²) in [6, 6.07) is 21.5. The molecule has 156 valence electrons. The van der Waals surface area contributed by atoms with Crippen molar-refractivity contribution in [2.75, 3.05) is 0 Å². The van der Waals surface area contributed by atoms with Crippen LogP contribution < -0.4 is 5.43 Å². The molecule has 1 heterocycles. The molecule has 0 aliphatic rings. The van der Waals surface area contributed by atoms with Crippen molar-refractivity contribution in [2.24, 2.45) is 5.10 Å². The molecule has 1 aromatic heterocycles. The second-order valence-corrected chi connectivity index (χ2v) is 8.13. The van der Waals surface area contributed by atoms with Crippen LogP contribution in [0.1, 0.15) is 22.5 Å². The maximum atomic E-state index is 12.4. The first-order chi connectivity index (χ1) is 15.0. The maximum absolute atomic E-state index is 12.4. The monoisotopic (exact) mass is 449 g/mol. The van der Waals surface area contributed by atoms with E-state index in [1.54, 1.807) is 12.3 Å². The third-order valence-corrected chi connectivity index (χ3v) is 6.08. The van der Waals surface area contributed by atoms with E-state index in [4.69, 9.17) is 23.2 Å². The minimum absolute atomic E-state index is 0.167. The molecule has 0 aliphatic heterocycles. The predicted molar refractivity (Wildman–Crippen MR) is 129 cm³/mol. The lowest BCUT2D eigenvalue weighted by Crippen LogP contribution is -2.19. The average Bonchev–Trinajstić information content (AvgIpc) is 3.03. The van der Waals surface area contributed by atoms with Crippen molar-refractivity contribution in [3.05, 3.63) is 99.3 Å². The highest BCUT2D eigenvalue weighted by Gasteiger charge is 2.14. The molecule has 0 saturated heterocycles. The number of carbonyl (C=O) groups excluding carboxylic acids is 1. The number of hydrogen-bond acceptors (Lipinski definition) is 2. The summed E-state index contributed by atoms with van der Waals surface area (Å²) in [6.45, 7) is 3.96. The molecule has 0 spiro atoms. The Hall–Kier alpha value is -3.08. The van der Waals surface area contributed by atoms with Gasteiger partial charge in [0.25, 0.3) is 0 Å². The van der Waals surface area contributed by atoms with Gasteiger partial charge in [-0.3, -0.25) is 4.79 Å². The number of aryl methyl sites for hydroxylation is 1. The molecule has 0 radical (unpaired) electrons. The van der Waals surface area contributed by atoms with Crippen LogP contribution in [0.15, 0.2) is 71.8 Å². The molecule has 6 heteroatoms. The van der Waals surface area contributed by atoms with Gasteiger partial charge in [0.15, 0.2) is 0 Å². The zero-order valence-electron chi connectivity index (χ0n) is 17.2. The van der Waals surface area contributed by atoms with Gasteiger partial charge < -0.3 is 4.57 Å². The molecule has 4 rings (SSSR count). The zero-order valence-corrected chi connectivity index (χ0v) is 18.7. The molecule has 0 aliphatic carbocycles. The summed E-state index contributed by atoms with van der Waals surface area (Å²) in [5, 5.41) is 7.36. The highest BCUT2D eigenvalue weighted by molar-refractivity contribution is 6.43. The minimum atomic E-state index is -0.167. The van der Waals surface area contributed by atoms with Crippen molar-refractivity contribution in [3.8, 4) is 5.69 Å². The number of amides is 1. The summed E-state index contributed by atoms with van der Waals surface area (Å²) in [4.78, 5) is 12.4. The molecule has 0 fully saturated rings. The van der Waals surface area contributed by atoms with E-state index in [1.807, 2.05) is 79.1 Å². The Labute approximate surface area is 191 Å². The van der Waals surface area contributed by atoms with Crippen LogP contribution in [0, 0.1) is 13.8 Å². The SMILES string of the molecule is Cc1cc(/C=N\NC(=O)Cc2cccc3ccccc23)c(C)n1-c1cccc(Cl)c1Cl. The normalized spacial score (nSPS) is 11.4. The summed E-state index contributed by atoms with van der Waals surface area (Å²) < 4.78 is 2.02. The van der Waals surface area contributed by atoms with Crippen LogP contribution in [0.4, 0.5) is 0 Å². The standard InChI is InChI=1S/C25H21Cl2N3O/c1-16-13-20(17(2)30(16)23-12-6-11-22(26)25(23)27)15-28-29-24(31)14-19-9-5-8-18-7-3-4-10-21(18)19/h3-13,15H,14H2,1-2H3,(H,29,31)/b28-15-. The molecular weight excluding hydrogens is 429 g/mol. The van der Waals surface area contributed by atoms with Crippen LogP contribution in [0.2, 0.25) is 10.0 Å². The van der Waals surface area contributed by atoms with Gasteiger partial charge in [-0.05, 0) is 48.4 Å². The Balaban J connectivity index is 1.50. The molecule has 3 aromatic carbocycles. The van der Waals surface area contributed by atoms with Crippen molar-refractivity contribution >= 4 is 46.1 Å². The second kappa shape index (κ2) is 8.96. The Morgan fingerprint density at radius 2 is 1.77 bits per heavy atom. The number of fused-ring (bicyclic) bond motifs is 1. The Kier molecular flexibility index (Phi) is 6.12. The summed E-state index contributed by atoms with van der Waals surface area (Å²) in [7, 11) is 0. The highest BCUT2D eigenvalue weighted by Crippen LogP contribution is 2.31. The van der Waals surface area contributed by atoms with Crippen molar-refractivity contribution in [1.29, 1.82) is 0 Å². The van der Waals surface area contributed by atoms with Gasteiger partial charge in [-0.1, -0.05) is 71.7 Å². The number of benzene rings is 3. The van der Waals surface area contributed by atoms with Gasteiger partial charge in [-0.15, -0.1) is 0 Å². The van der Waals surface area contributed by atoms with Crippen molar-refractivity contribution in [1.82, 2.24) is 9.99 Å². The molecule has 0 bridgehead atoms. The molecule has 4 nitrogen and oxygen atoms in total. The molecule has 4 aromatic rings. The average molecular weight is 450 g/mol. The van der Waals surface area contributed by atoms with Gasteiger partial charge in [-0.25, -0.2) is 5.43 Å². The number of aromatic nitrogens is 1. The Morgan fingerprint density at radius 1 is 1.03 bits per heavy atom. The van der Waals surface area contributed by atoms with E-state index in [1.165, 1.54) is 0 Å².